The number of nitro groups is 1. The molecule has 2 aromatic heterocycles. The molecule has 0 spiro atoms. The van der Waals surface area contributed by atoms with Crippen molar-refractivity contribution in [3.63, 3.8) is 0 Å². The number of nitro benzene ring substituents is 1. The van der Waals surface area contributed by atoms with Crippen LogP contribution in [0.3, 0.4) is 0 Å². The molecular weight excluding hydrogens is 434 g/mol. The summed E-state index contributed by atoms with van der Waals surface area (Å²) in [5.74, 6) is 0.478. The second-order valence-corrected chi connectivity index (χ2v) is 8.76. The molecule has 0 aliphatic carbocycles. The Morgan fingerprint density at radius 1 is 1.10 bits per heavy atom. The van der Waals surface area contributed by atoms with Gasteiger partial charge in [0.25, 0.3) is 5.69 Å². The Bertz CT molecular complexity index is 1190. The zero-order valence-corrected chi connectivity index (χ0v) is 18.0. The highest BCUT2D eigenvalue weighted by Gasteiger charge is 2.22. The topological polar surface area (TPSA) is 103 Å². The molecule has 8 nitrogen and oxygen atoms in total. The minimum absolute atomic E-state index is 0.0301. The summed E-state index contributed by atoms with van der Waals surface area (Å²) < 4.78 is 1.94. The number of benzene rings is 2. The number of carbonyl (C=O) groups is 1. The zero-order chi connectivity index (χ0) is 21.8. The van der Waals surface area contributed by atoms with E-state index in [2.05, 4.69) is 15.5 Å². The van der Waals surface area contributed by atoms with Crippen LogP contribution in [0.15, 0.2) is 77.3 Å². The number of hydrogen-bond acceptors (Lipinski definition) is 7. The molecule has 31 heavy (non-hydrogen) atoms. The fourth-order valence-electron chi connectivity index (χ4n) is 2.84. The lowest BCUT2D eigenvalue weighted by Crippen LogP contribution is -2.22. The Balaban J connectivity index is 1.56. The van der Waals surface area contributed by atoms with Crippen LogP contribution >= 0.6 is 23.1 Å². The first-order chi connectivity index (χ1) is 15.0. The lowest BCUT2D eigenvalue weighted by molar-refractivity contribution is -0.384. The van der Waals surface area contributed by atoms with Gasteiger partial charge in [-0.1, -0.05) is 36.0 Å². The van der Waals surface area contributed by atoms with Crippen LogP contribution in [0.2, 0.25) is 0 Å². The summed E-state index contributed by atoms with van der Waals surface area (Å²) in [6.07, 6.45) is 0. The highest BCUT2D eigenvalue weighted by molar-refractivity contribution is 8.00. The summed E-state index contributed by atoms with van der Waals surface area (Å²) in [7, 11) is 0. The number of carbonyl (C=O) groups excluding carboxylic acids is 1. The van der Waals surface area contributed by atoms with Gasteiger partial charge < -0.3 is 5.32 Å². The highest BCUT2D eigenvalue weighted by atomic mass is 32.2. The van der Waals surface area contributed by atoms with Gasteiger partial charge in [0.15, 0.2) is 11.0 Å². The van der Waals surface area contributed by atoms with Crippen LogP contribution in [0, 0.1) is 10.1 Å². The molecule has 0 bridgehead atoms. The Labute approximate surface area is 186 Å². The zero-order valence-electron chi connectivity index (χ0n) is 16.3. The van der Waals surface area contributed by atoms with E-state index in [0.717, 1.165) is 10.6 Å². The van der Waals surface area contributed by atoms with Crippen LogP contribution in [-0.4, -0.2) is 30.8 Å². The third-order valence-electron chi connectivity index (χ3n) is 4.39. The molecular formula is C21H17N5O3S2. The van der Waals surface area contributed by atoms with E-state index in [1.165, 1.54) is 36.0 Å². The molecule has 1 atom stereocenters. The summed E-state index contributed by atoms with van der Waals surface area (Å²) in [4.78, 5) is 24.0. The Morgan fingerprint density at radius 3 is 2.48 bits per heavy atom. The van der Waals surface area contributed by atoms with E-state index in [0.29, 0.717) is 16.7 Å². The molecule has 0 fully saturated rings. The van der Waals surface area contributed by atoms with Gasteiger partial charge >= 0.3 is 0 Å². The molecule has 156 valence electrons. The third kappa shape index (κ3) is 4.65. The predicted octanol–water partition coefficient (Wildman–Crippen LogP) is 5.02. The molecule has 2 heterocycles. The number of thioether (sulfide) groups is 1. The van der Waals surface area contributed by atoms with E-state index in [-0.39, 0.29) is 11.6 Å². The molecule has 0 aliphatic heterocycles. The maximum absolute atomic E-state index is 12.7. The van der Waals surface area contributed by atoms with E-state index >= 15 is 0 Å². The normalized spacial score (nSPS) is 11.8. The van der Waals surface area contributed by atoms with Crippen LogP contribution < -0.4 is 5.32 Å². The van der Waals surface area contributed by atoms with Crippen molar-refractivity contribution in [2.75, 3.05) is 5.32 Å². The number of nitrogens with one attached hydrogen (secondary N) is 1. The molecule has 0 radical (unpaired) electrons. The van der Waals surface area contributed by atoms with Crippen LogP contribution in [0.4, 0.5) is 11.4 Å². The van der Waals surface area contributed by atoms with E-state index in [1.807, 2.05) is 52.4 Å². The number of non-ortho nitro benzene ring substituents is 1. The second kappa shape index (κ2) is 9.11. The van der Waals surface area contributed by atoms with Crippen LogP contribution in [0.25, 0.3) is 16.4 Å². The average Bonchev–Trinajstić information content (AvgIpc) is 3.44. The number of anilines is 1. The number of rotatable bonds is 7. The van der Waals surface area contributed by atoms with Gasteiger partial charge in [-0.05, 0) is 42.6 Å². The summed E-state index contributed by atoms with van der Waals surface area (Å²) >= 11 is 2.86. The Hall–Kier alpha value is -3.50. The summed E-state index contributed by atoms with van der Waals surface area (Å²) in [5.41, 5.74) is 1.37. The van der Waals surface area contributed by atoms with Crippen molar-refractivity contribution in [1.29, 1.82) is 0 Å². The van der Waals surface area contributed by atoms with Gasteiger partial charge in [-0.3, -0.25) is 19.5 Å². The van der Waals surface area contributed by atoms with Crippen molar-refractivity contribution < 1.29 is 9.72 Å². The van der Waals surface area contributed by atoms with E-state index in [4.69, 9.17) is 0 Å². The van der Waals surface area contributed by atoms with Gasteiger partial charge in [-0.2, -0.15) is 0 Å². The first-order valence-corrected chi connectivity index (χ1v) is 11.1. The molecule has 1 N–H and O–H groups in total. The summed E-state index contributed by atoms with van der Waals surface area (Å²) in [6.45, 7) is 1.78. The van der Waals surface area contributed by atoms with Crippen LogP contribution in [-0.2, 0) is 4.79 Å². The number of thiophene rings is 1. The first kappa shape index (κ1) is 20.8. The smallest absolute Gasteiger partial charge is 0.269 e. The van der Waals surface area contributed by atoms with E-state index in [1.54, 1.807) is 18.3 Å². The van der Waals surface area contributed by atoms with Gasteiger partial charge in [-0.15, -0.1) is 21.5 Å². The predicted molar refractivity (Wildman–Crippen MR) is 122 cm³/mol. The van der Waals surface area contributed by atoms with Crippen molar-refractivity contribution in [2.45, 2.75) is 17.3 Å². The second-order valence-electron chi connectivity index (χ2n) is 6.51. The molecule has 4 aromatic rings. The summed E-state index contributed by atoms with van der Waals surface area (Å²) in [5, 5.41) is 24.4. The van der Waals surface area contributed by atoms with Crippen molar-refractivity contribution >= 4 is 40.4 Å². The lowest BCUT2D eigenvalue weighted by atomic mass is 10.3. The molecule has 4 rings (SSSR count). The number of amides is 1. The quantitative estimate of drug-likeness (QED) is 0.240. The van der Waals surface area contributed by atoms with Gasteiger partial charge in [0.2, 0.25) is 5.91 Å². The Kier molecular flexibility index (Phi) is 6.10. The van der Waals surface area contributed by atoms with Crippen molar-refractivity contribution in [2.24, 2.45) is 0 Å². The lowest BCUT2D eigenvalue weighted by Gasteiger charge is -2.13. The minimum atomic E-state index is -0.480. The molecule has 10 heteroatoms. The fraction of sp³-hybridized carbons (Fsp3) is 0.0952. The van der Waals surface area contributed by atoms with Gasteiger partial charge in [-0.25, -0.2) is 0 Å². The third-order valence-corrected chi connectivity index (χ3v) is 6.29. The number of aromatic nitrogens is 3. The molecule has 2 aromatic carbocycles. The van der Waals surface area contributed by atoms with Crippen LogP contribution in [0.1, 0.15) is 6.92 Å². The number of nitrogens with zero attached hydrogens (tertiary/aromatic N) is 4. The largest absolute Gasteiger partial charge is 0.325 e. The van der Waals surface area contributed by atoms with E-state index < -0.39 is 10.2 Å². The van der Waals surface area contributed by atoms with Crippen molar-refractivity contribution in [3.05, 3.63) is 82.2 Å². The fourth-order valence-corrected chi connectivity index (χ4v) is 4.41. The van der Waals surface area contributed by atoms with Gasteiger partial charge in [0.1, 0.15) is 0 Å². The SMILES string of the molecule is CC(Sc1nnc(-c2cccs2)n1-c1ccccc1)C(=O)Nc1ccc([N+](=O)[O-])cc1. The van der Waals surface area contributed by atoms with Crippen molar-refractivity contribution in [3.8, 4) is 16.4 Å². The monoisotopic (exact) mass is 451 g/mol. The Morgan fingerprint density at radius 2 is 1.84 bits per heavy atom. The molecule has 1 unspecified atom stereocenters. The average molecular weight is 452 g/mol. The maximum Gasteiger partial charge on any atom is 0.269 e. The first-order valence-electron chi connectivity index (χ1n) is 9.29. The minimum Gasteiger partial charge on any atom is -0.325 e. The number of para-hydroxylation sites is 1. The van der Waals surface area contributed by atoms with Gasteiger partial charge in [0.05, 0.1) is 15.1 Å². The van der Waals surface area contributed by atoms with E-state index in [9.17, 15) is 14.9 Å². The maximum atomic E-state index is 12.7. The van der Waals surface area contributed by atoms with Gasteiger partial charge in [0, 0.05) is 23.5 Å². The van der Waals surface area contributed by atoms with Crippen molar-refractivity contribution in [1.82, 2.24) is 14.8 Å². The molecule has 0 aliphatic rings. The summed E-state index contributed by atoms with van der Waals surface area (Å²) in [6, 6.07) is 19.4. The molecule has 1 amide bonds. The highest BCUT2D eigenvalue weighted by Crippen LogP contribution is 2.32. The number of hydrogen-bond donors (Lipinski definition) is 1. The molecule has 0 saturated heterocycles. The van der Waals surface area contributed by atoms with Crippen LogP contribution in [0.5, 0.6) is 0 Å². The standard InChI is InChI=1S/C21H17N5O3S2/c1-14(20(27)22-15-9-11-17(12-10-15)26(28)29)31-21-24-23-19(18-8-5-13-30-18)25(21)16-6-3-2-4-7-16/h2-14H,1H3,(H,22,27). The molecule has 0 saturated carbocycles.